The molecule has 1 aromatic heterocycles. The van der Waals surface area contributed by atoms with Crippen molar-refractivity contribution in [2.75, 3.05) is 26.2 Å². The second-order valence-electron chi connectivity index (χ2n) is 7.11. The van der Waals surface area contributed by atoms with Crippen LogP contribution >= 0.6 is 0 Å². The van der Waals surface area contributed by atoms with Gasteiger partial charge in [-0.25, -0.2) is 0 Å². The maximum atomic E-state index is 12.8. The molecule has 2 heterocycles. The van der Waals surface area contributed by atoms with E-state index < -0.39 is 0 Å². The number of hydrogen-bond donors (Lipinski definition) is 0. The van der Waals surface area contributed by atoms with E-state index in [1.54, 1.807) is 34.1 Å². The first kappa shape index (κ1) is 18.9. The molecule has 0 atom stereocenters. The van der Waals surface area contributed by atoms with Gasteiger partial charge in [0.05, 0.1) is 5.39 Å². The summed E-state index contributed by atoms with van der Waals surface area (Å²) in [4.78, 5) is 41.1. The summed E-state index contributed by atoms with van der Waals surface area (Å²) in [6, 6.07) is 15.7. The molecule has 29 heavy (non-hydrogen) atoms. The molecule has 0 radical (unpaired) electrons. The van der Waals surface area contributed by atoms with Gasteiger partial charge in [0, 0.05) is 37.8 Å². The number of amides is 2. The van der Waals surface area contributed by atoms with Gasteiger partial charge in [-0.3, -0.25) is 14.4 Å². The fourth-order valence-electron chi connectivity index (χ4n) is 3.54. The van der Waals surface area contributed by atoms with Gasteiger partial charge in [-0.2, -0.15) is 0 Å². The average molecular weight is 390 g/mol. The summed E-state index contributed by atoms with van der Waals surface area (Å²) in [5.41, 5.74) is 2.00. The zero-order valence-electron chi connectivity index (χ0n) is 16.3. The van der Waals surface area contributed by atoms with Gasteiger partial charge in [0.2, 0.25) is 0 Å². The monoisotopic (exact) mass is 390 g/mol. The molecule has 1 aliphatic heterocycles. The predicted octanol–water partition coefficient (Wildman–Crippen LogP) is 2.95. The lowest BCUT2D eigenvalue weighted by molar-refractivity contribution is 0.0518. The number of carbonyl (C=O) groups is 2. The van der Waals surface area contributed by atoms with Crippen LogP contribution < -0.4 is 5.43 Å². The van der Waals surface area contributed by atoms with Gasteiger partial charge >= 0.3 is 0 Å². The van der Waals surface area contributed by atoms with Crippen molar-refractivity contribution in [1.82, 2.24) is 9.80 Å². The van der Waals surface area contributed by atoms with Gasteiger partial charge in [0.15, 0.2) is 11.2 Å². The van der Waals surface area contributed by atoms with Crippen molar-refractivity contribution in [1.29, 1.82) is 0 Å². The fraction of sp³-hybridized carbons (Fsp3) is 0.261. The summed E-state index contributed by atoms with van der Waals surface area (Å²) < 4.78 is 5.65. The van der Waals surface area contributed by atoms with Crippen molar-refractivity contribution in [3.63, 3.8) is 0 Å². The first-order valence-corrected chi connectivity index (χ1v) is 9.77. The number of rotatable bonds is 3. The summed E-state index contributed by atoms with van der Waals surface area (Å²) in [6.07, 6.45) is 0.931. The minimum Gasteiger partial charge on any atom is -0.451 e. The van der Waals surface area contributed by atoms with Crippen molar-refractivity contribution in [3.8, 4) is 0 Å². The lowest BCUT2D eigenvalue weighted by Gasteiger charge is -2.34. The molecule has 0 spiro atoms. The number of para-hydroxylation sites is 1. The molecule has 1 aliphatic rings. The van der Waals surface area contributed by atoms with Crippen LogP contribution in [-0.4, -0.2) is 47.8 Å². The van der Waals surface area contributed by atoms with Gasteiger partial charge in [-0.1, -0.05) is 31.2 Å². The normalized spacial score (nSPS) is 14.2. The summed E-state index contributed by atoms with van der Waals surface area (Å²) in [7, 11) is 0. The van der Waals surface area contributed by atoms with Crippen LogP contribution in [0, 0.1) is 0 Å². The number of benzene rings is 2. The van der Waals surface area contributed by atoms with Crippen molar-refractivity contribution in [2.24, 2.45) is 0 Å². The van der Waals surface area contributed by atoms with Crippen molar-refractivity contribution < 1.29 is 14.0 Å². The number of piperazine rings is 1. The lowest BCUT2D eigenvalue weighted by Crippen LogP contribution is -2.50. The third-order valence-corrected chi connectivity index (χ3v) is 5.31. The van der Waals surface area contributed by atoms with Gasteiger partial charge in [0.25, 0.3) is 11.8 Å². The lowest BCUT2D eigenvalue weighted by atomic mass is 10.1. The van der Waals surface area contributed by atoms with Crippen LogP contribution in [0.1, 0.15) is 33.4 Å². The Morgan fingerprint density at radius 2 is 1.52 bits per heavy atom. The molecule has 1 fully saturated rings. The number of carbonyl (C=O) groups excluding carboxylic acids is 2. The standard InChI is InChI=1S/C23H22N2O4/c1-2-16-7-9-17(10-8-16)22(27)24-11-13-25(14-12-24)23(28)21-15-19(26)18-5-3-4-6-20(18)29-21/h3-10,15H,2,11-14H2,1H3. The van der Waals surface area contributed by atoms with Crippen LogP contribution in [-0.2, 0) is 6.42 Å². The average Bonchev–Trinajstić information content (AvgIpc) is 2.78. The van der Waals surface area contributed by atoms with Crippen LogP contribution in [0.3, 0.4) is 0 Å². The Bertz CT molecular complexity index is 1110. The minimum absolute atomic E-state index is 0.0306. The van der Waals surface area contributed by atoms with E-state index in [-0.39, 0.29) is 23.0 Å². The van der Waals surface area contributed by atoms with E-state index in [1.807, 2.05) is 24.3 Å². The van der Waals surface area contributed by atoms with E-state index in [9.17, 15) is 14.4 Å². The summed E-state index contributed by atoms with van der Waals surface area (Å²) in [5.74, 6) is -0.326. The third-order valence-electron chi connectivity index (χ3n) is 5.31. The van der Waals surface area contributed by atoms with E-state index in [1.165, 1.54) is 11.6 Å². The molecular formula is C23H22N2O4. The smallest absolute Gasteiger partial charge is 0.289 e. The maximum Gasteiger partial charge on any atom is 0.289 e. The van der Waals surface area contributed by atoms with Crippen LogP contribution in [0.15, 0.2) is 63.8 Å². The third kappa shape index (κ3) is 3.78. The summed E-state index contributed by atoms with van der Waals surface area (Å²) >= 11 is 0. The topological polar surface area (TPSA) is 70.8 Å². The van der Waals surface area contributed by atoms with Crippen molar-refractivity contribution in [3.05, 3.63) is 81.7 Å². The van der Waals surface area contributed by atoms with Crippen LogP contribution in [0.2, 0.25) is 0 Å². The fourth-order valence-corrected chi connectivity index (χ4v) is 3.54. The molecule has 0 N–H and O–H groups in total. The van der Waals surface area contributed by atoms with Crippen molar-refractivity contribution in [2.45, 2.75) is 13.3 Å². The molecule has 6 nitrogen and oxygen atoms in total. The molecule has 6 heteroatoms. The Morgan fingerprint density at radius 3 is 2.17 bits per heavy atom. The zero-order valence-corrected chi connectivity index (χ0v) is 16.3. The molecule has 0 unspecified atom stereocenters. The molecule has 1 saturated heterocycles. The SMILES string of the molecule is CCc1ccc(C(=O)N2CCN(C(=O)c3cc(=O)c4ccccc4o3)CC2)cc1. The van der Waals surface area contributed by atoms with E-state index in [0.29, 0.717) is 42.7 Å². The molecule has 0 aliphatic carbocycles. The Morgan fingerprint density at radius 1 is 0.897 bits per heavy atom. The molecule has 148 valence electrons. The summed E-state index contributed by atoms with van der Waals surface area (Å²) in [6.45, 7) is 3.75. The first-order chi connectivity index (χ1) is 14.1. The number of fused-ring (bicyclic) bond motifs is 1. The van der Waals surface area contributed by atoms with Gasteiger partial charge < -0.3 is 14.2 Å². The summed E-state index contributed by atoms with van der Waals surface area (Å²) in [5, 5.41) is 0.452. The maximum absolute atomic E-state index is 12.8. The second-order valence-corrected chi connectivity index (χ2v) is 7.11. The quantitative estimate of drug-likeness (QED) is 0.689. The molecule has 0 saturated carbocycles. The van der Waals surface area contributed by atoms with E-state index in [0.717, 1.165) is 6.42 Å². The highest BCUT2D eigenvalue weighted by Gasteiger charge is 2.27. The molecule has 2 amide bonds. The Labute approximate surface area is 168 Å². The highest BCUT2D eigenvalue weighted by molar-refractivity contribution is 5.95. The van der Waals surface area contributed by atoms with Crippen LogP contribution in [0.5, 0.6) is 0 Å². The predicted molar refractivity (Wildman–Crippen MR) is 110 cm³/mol. The van der Waals surface area contributed by atoms with E-state index in [2.05, 4.69) is 6.92 Å². The molecule has 4 rings (SSSR count). The number of aryl methyl sites for hydroxylation is 1. The van der Waals surface area contributed by atoms with Gasteiger partial charge in [0.1, 0.15) is 5.58 Å². The van der Waals surface area contributed by atoms with Crippen LogP contribution in [0.4, 0.5) is 0 Å². The minimum atomic E-state index is -0.327. The largest absolute Gasteiger partial charge is 0.451 e. The highest BCUT2D eigenvalue weighted by atomic mass is 16.3. The first-order valence-electron chi connectivity index (χ1n) is 9.77. The molecular weight excluding hydrogens is 368 g/mol. The molecule has 0 bridgehead atoms. The zero-order chi connectivity index (χ0) is 20.4. The Balaban J connectivity index is 1.44. The number of nitrogens with zero attached hydrogens (tertiary/aromatic N) is 2. The number of hydrogen-bond acceptors (Lipinski definition) is 4. The second kappa shape index (κ2) is 7.91. The van der Waals surface area contributed by atoms with Gasteiger partial charge in [-0.15, -0.1) is 0 Å². The highest BCUT2D eigenvalue weighted by Crippen LogP contribution is 2.16. The van der Waals surface area contributed by atoms with E-state index >= 15 is 0 Å². The van der Waals surface area contributed by atoms with Crippen LogP contribution in [0.25, 0.3) is 11.0 Å². The Kier molecular flexibility index (Phi) is 5.16. The molecule has 2 aromatic carbocycles. The van der Waals surface area contributed by atoms with Gasteiger partial charge in [-0.05, 0) is 36.2 Å². The van der Waals surface area contributed by atoms with E-state index in [4.69, 9.17) is 4.42 Å². The molecule has 3 aromatic rings. The Hall–Kier alpha value is -3.41. The van der Waals surface area contributed by atoms with Crippen molar-refractivity contribution >= 4 is 22.8 Å².